The number of hydrogen-bond donors (Lipinski definition) is 2. The zero-order valence-corrected chi connectivity index (χ0v) is 17.5. The van der Waals surface area contributed by atoms with Crippen LogP contribution in [0, 0.1) is 0 Å². The van der Waals surface area contributed by atoms with Gasteiger partial charge in [-0.3, -0.25) is 0 Å². The zero-order chi connectivity index (χ0) is 20.4. The van der Waals surface area contributed by atoms with Crippen molar-refractivity contribution in [3.63, 3.8) is 0 Å². The summed E-state index contributed by atoms with van der Waals surface area (Å²) in [5.41, 5.74) is 1.05. The summed E-state index contributed by atoms with van der Waals surface area (Å²) in [5.74, 6) is 3.20. The molecule has 1 heterocycles. The van der Waals surface area contributed by atoms with E-state index in [-0.39, 0.29) is 0 Å². The van der Waals surface area contributed by atoms with E-state index in [0.29, 0.717) is 24.1 Å². The molecule has 0 bridgehead atoms. The summed E-state index contributed by atoms with van der Waals surface area (Å²) >= 11 is 0. The Labute approximate surface area is 167 Å². The van der Waals surface area contributed by atoms with Crippen molar-refractivity contribution < 1.29 is 9.47 Å². The largest absolute Gasteiger partial charge is 0.493 e. The van der Waals surface area contributed by atoms with E-state index in [1.807, 2.05) is 18.2 Å². The summed E-state index contributed by atoms with van der Waals surface area (Å²) < 4.78 is 12.7. The molecule has 0 fully saturated rings. The minimum absolute atomic E-state index is 0.331. The molecule has 2 aromatic rings. The van der Waals surface area contributed by atoms with Gasteiger partial charge in [-0.15, -0.1) is 10.2 Å². The first-order valence-electron chi connectivity index (χ1n) is 9.73. The van der Waals surface area contributed by atoms with Crippen LogP contribution < -0.4 is 20.1 Å². The normalized spacial score (nSPS) is 12.5. The summed E-state index contributed by atoms with van der Waals surface area (Å²) in [6.07, 6.45) is 3.65. The fourth-order valence-corrected chi connectivity index (χ4v) is 2.67. The van der Waals surface area contributed by atoms with Gasteiger partial charge in [-0.05, 0) is 31.0 Å². The lowest BCUT2D eigenvalue weighted by molar-refractivity contribution is 0.354. The van der Waals surface area contributed by atoms with Crippen molar-refractivity contribution in [1.29, 1.82) is 0 Å². The van der Waals surface area contributed by atoms with E-state index in [4.69, 9.17) is 14.5 Å². The first-order chi connectivity index (χ1) is 13.6. The predicted octanol–water partition coefficient (Wildman–Crippen LogP) is 2.39. The van der Waals surface area contributed by atoms with Crippen LogP contribution in [0.3, 0.4) is 0 Å². The Morgan fingerprint density at radius 1 is 1.21 bits per heavy atom. The Morgan fingerprint density at radius 2 is 2.00 bits per heavy atom. The van der Waals surface area contributed by atoms with Crippen LogP contribution in [0.2, 0.25) is 0 Å². The van der Waals surface area contributed by atoms with Gasteiger partial charge in [-0.1, -0.05) is 19.9 Å². The molecule has 8 nitrogen and oxygen atoms in total. The van der Waals surface area contributed by atoms with Crippen molar-refractivity contribution in [3.05, 3.63) is 35.9 Å². The molecule has 1 atom stereocenters. The molecule has 0 amide bonds. The number of aliphatic imine (C=N–C) groups is 1. The number of nitrogens with one attached hydrogen (secondary N) is 2. The lowest BCUT2D eigenvalue weighted by Gasteiger charge is -2.17. The van der Waals surface area contributed by atoms with Gasteiger partial charge in [0.25, 0.3) is 0 Å². The number of hydrogen-bond acceptors (Lipinski definition) is 5. The average Bonchev–Trinajstić information content (AvgIpc) is 3.18. The van der Waals surface area contributed by atoms with Crippen molar-refractivity contribution >= 4 is 5.96 Å². The highest BCUT2D eigenvalue weighted by Gasteiger charge is 2.07. The third-order valence-electron chi connectivity index (χ3n) is 4.52. The van der Waals surface area contributed by atoms with Gasteiger partial charge in [-0.2, -0.15) is 0 Å². The fraction of sp³-hybridized carbons (Fsp3) is 0.550. The maximum absolute atomic E-state index is 5.37. The average molecular weight is 389 g/mol. The van der Waals surface area contributed by atoms with Gasteiger partial charge in [-0.25, -0.2) is 4.99 Å². The van der Waals surface area contributed by atoms with Crippen LogP contribution in [-0.2, 0) is 19.5 Å². The summed E-state index contributed by atoms with van der Waals surface area (Å²) in [5, 5.41) is 14.9. The highest BCUT2D eigenvalue weighted by molar-refractivity contribution is 5.80. The molecule has 8 heteroatoms. The molecule has 0 radical (unpaired) electrons. The lowest BCUT2D eigenvalue weighted by atomic mass is 10.2. The van der Waals surface area contributed by atoms with Crippen LogP contribution in [0.25, 0.3) is 0 Å². The van der Waals surface area contributed by atoms with Gasteiger partial charge < -0.3 is 24.7 Å². The number of aryl methyl sites for hydroxylation is 1. The van der Waals surface area contributed by atoms with Gasteiger partial charge in [0.15, 0.2) is 17.5 Å². The highest BCUT2D eigenvalue weighted by atomic mass is 16.5. The monoisotopic (exact) mass is 388 g/mol. The van der Waals surface area contributed by atoms with Crippen LogP contribution in [0.1, 0.15) is 38.6 Å². The SMILES string of the molecule is CCc1nncn1CCNC(=NCc1ccc(OC)c(OC)c1)NC(C)CC. The maximum Gasteiger partial charge on any atom is 0.191 e. The van der Waals surface area contributed by atoms with E-state index < -0.39 is 0 Å². The number of nitrogens with zero attached hydrogens (tertiary/aromatic N) is 4. The Balaban J connectivity index is 2.02. The standard InChI is InChI=1S/C20H32N6O2/c1-6-15(3)24-20(21-10-11-26-14-23-25-19(26)7-2)22-13-16-8-9-17(27-4)18(12-16)28-5/h8-9,12,14-15H,6-7,10-11,13H2,1-5H3,(H2,21,22,24). The van der Waals surface area contributed by atoms with Gasteiger partial charge >= 0.3 is 0 Å². The third-order valence-corrected chi connectivity index (χ3v) is 4.52. The highest BCUT2D eigenvalue weighted by Crippen LogP contribution is 2.27. The molecule has 1 aromatic heterocycles. The molecule has 2 N–H and O–H groups in total. The van der Waals surface area contributed by atoms with E-state index in [9.17, 15) is 0 Å². The molecule has 0 aliphatic carbocycles. The van der Waals surface area contributed by atoms with Gasteiger partial charge in [0.05, 0.1) is 20.8 Å². The second-order valence-corrected chi connectivity index (χ2v) is 6.53. The topological polar surface area (TPSA) is 85.6 Å². The van der Waals surface area contributed by atoms with E-state index in [0.717, 1.165) is 43.3 Å². The minimum Gasteiger partial charge on any atom is -0.493 e. The molecule has 0 saturated carbocycles. The minimum atomic E-state index is 0.331. The molecule has 0 aliphatic heterocycles. The molecule has 154 valence electrons. The van der Waals surface area contributed by atoms with Crippen molar-refractivity contribution in [1.82, 2.24) is 25.4 Å². The predicted molar refractivity (Wildman–Crippen MR) is 111 cm³/mol. The van der Waals surface area contributed by atoms with E-state index in [1.165, 1.54) is 0 Å². The molecule has 28 heavy (non-hydrogen) atoms. The Kier molecular flexibility index (Phi) is 8.58. The molecule has 2 rings (SSSR count). The summed E-state index contributed by atoms with van der Waals surface area (Å²) in [6, 6.07) is 6.18. The quantitative estimate of drug-likeness (QED) is 0.480. The number of rotatable bonds is 10. The first kappa shape index (κ1) is 21.5. The second-order valence-electron chi connectivity index (χ2n) is 6.53. The Hall–Kier alpha value is -2.77. The van der Waals surface area contributed by atoms with Crippen LogP contribution in [-0.4, -0.2) is 47.5 Å². The number of aromatic nitrogens is 3. The van der Waals surface area contributed by atoms with Crippen LogP contribution in [0.5, 0.6) is 11.5 Å². The maximum atomic E-state index is 5.37. The van der Waals surface area contributed by atoms with Crippen LogP contribution in [0.15, 0.2) is 29.5 Å². The van der Waals surface area contributed by atoms with Crippen molar-refractivity contribution in [2.75, 3.05) is 20.8 Å². The molecule has 0 spiro atoms. The van der Waals surface area contributed by atoms with Crippen molar-refractivity contribution in [3.8, 4) is 11.5 Å². The molecule has 0 aliphatic rings. The summed E-state index contributed by atoms with van der Waals surface area (Å²) in [7, 11) is 3.27. The molecule has 0 saturated heterocycles. The first-order valence-corrected chi connectivity index (χ1v) is 9.73. The fourth-order valence-electron chi connectivity index (χ4n) is 2.67. The molecular formula is C20H32N6O2. The lowest BCUT2D eigenvalue weighted by Crippen LogP contribution is -2.43. The number of benzene rings is 1. The van der Waals surface area contributed by atoms with Gasteiger partial charge in [0, 0.05) is 25.6 Å². The number of guanidine groups is 1. The van der Waals surface area contributed by atoms with E-state index in [2.05, 4.69) is 46.2 Å². The summed E-state index contributed by atoms with van der Waals surface area (Å²) in [4.78, 5) is 4.73. The van der Waals surface area contributed by atoms with E-state index >= 15 is 0 Å². The van der Waals surface area contributed by atoms with Gasteiger partial charge in [0.1, 0.15) is 12.2 Å². The Bertz CT molecular complexity index is 759. The third kappa shape index (κ3) is 6.14. The Morgan fingerprint density at radius 3 is 2.68 bits per heavy atom. The van der Waals surface area contributed by atoms with Gasteiger partial charge in [0.2, 0.25) is 0 Å². The zero-order valence-electron chi connectivity index (χ0n) is 17.5. The summed E-state index contributed by atoms with van der Waals surface area (Å²) in [6.45, 7) is 8.43. The van der Waals surface area contributed by atoms with E-state index in [1.54, 1.807) is 20.5 Å². The molecular weight excluding hydrogens is 356 g/mol. The van der Waals surface area contributed by atoms with Crippen molar-refractivity contribution in [2.45, 2.75) is 52.7 Å². The van der Waals surface area contributed by atoms with Crippen molar-refractivity contribution in [2.24, 2.45) is 4.99 Å². The smallest absolute Gasteiger partial charge is 0.191 e. The second kappa shape index (κ2) is 11.2. The molecule has 1 aromatic carbocycles. The molecule has 1 unspecified atom stereocenters. The van der Waals surface area contributed by atoms with Crippen LogP contribution in [0.4, 0.5) is 0 Å². The number of methoxy groups -OCH3 is 2. The number of ether oxygens (including phenoxy) is 2. The van der Waals surface area contributed by atoms with Crippen LogP contribution >= 0.6 is 0 Å².